The number of halogens is 2. The van der Waals surface area contributed by atoms with Crippen LogP contribution in [0.4, 0.5) is 10.1 Å². The Morgan fingerprint density at radius 3 is 2.65 bits per heavy atom. The van der Waals surface area contributed by atoms with Gasteiger partial charge >= 0.3 is 0 Å². The minimum absolute atomic E-state index is 0.0272. The van der Waals surface area contributed by atoms with Crippen molar-refractivity contribution in [3.63, 3.8) is 0 Å². The summed E-state index contributed by atoms with van der Waals surface area (Å²) in [5.74, 6) is 2.03. The van der Waals surface area contributed by atoms with Crippen LogP contribution in [0.25, 0.3) is 0 Å². The molecule has 0 saturated heterocycles. The highest BCUT2D eigenvalue weighted by molar-refractivity contribution is 6.42. The number of hydrogen-bond acceptors (Lipinski definition) is 4. The van der Waals surface area contributed by atoms with E-state index in [1.807, 2.05) is 0 Å². The fraction of sp³-hybridized carbons (Fsp3) is 0.167. The molecule has 8 heteroatoms. The molecule has 0 aliphatic rings. The van der Waals surface area contributed by atoms with Crippen molar-refractivity contribution in [3.8, 4) is 11.8 Å². The highest BCUT2D eigenvalue weighted by Crippen LogP contribution is 2.21. The van der Waals surface area contributed by atoms with Crippen molar-refractivity contribution < 1.29 is 23.2 Å². The first-order valence-electron chi connectivity index (χ1n) is 7.42. The first-order chi connectivity index (χ1) is 12.3. The van der Waals surface area contributed by atoms with E-state index in [0.29, 0.717) is 0 Å². The molecular weight excluding hydrogens is 363 g/mol. The number of benzene rings is 1. The maximum Gasteiger partial charge on any atom is 0.296 e. The van der Waals surface area contributed by atoms with Crippen LogP contribution in [0, 0.1) is 24.6 Å². The molecule has 1 aromatic carbocycles. The molecule has 0 spiro atoms. The molecule has 0 radical (unpaired) electrons. The van der Waals surface area contributed by atoms with Crippen LogP contribution in [0.3, 0.4) is 0 Å². The Labute approximate surface area is 153 Å². The average Bonchev–Trinajstić information content (AvgIpc) is 2.99. The first-order valence-corrected chi connectivity index (χ1v) is 7.80. The number of ketones is 1. The Morgan fingerprint density at radius 2 is 2.00 bits per heavy atom. The van der Waals surface area contributed by atoms with Gasteiger partial charge in [0.1, 0.15) is 11.6 Å². The molecule has 0 aliphatic carbocycles. The van der Waals surface area contributed by atoms with E-state index in [1.165, 1.54) is 25.1 Å². The van der Waals surface area contributed by atoms with Gasteiger partial charge in [-0.05, 0) is 32.0 Å². The molecule has 0 bridgehead atoms. The van der Waals surface area contributed by atoms with Crippen LogP contribution in [0.5, 0.6) is 0 Å². The van der Waals surface area contributed by atoms with E-state index < -0.39 is 23.4 Å². The third-order valence-corrected chi connectivity index (χ3v) is 3.57. The second-order valence-corrected chi connectivity index (χ2v) is 5.51. The number of nitrogens with one attached hydrogen (secondary N) is 2. The summed E-state index contributed by atoms with van der Waals surface area (Å²) >= 11 is 5.66. The molecule has 0 atom stereocenters. The van der Waals surface area contributed by atoms with Crippen molar-refractivity contribution in [2.45, 2.75) is 13.8 Å². The van der Waals surface area contributed by atoms with Gasteiger partial charge in [-0.1, -0.05) is 17.5 Å². The summed E-state index contributed by atoms with van der Waals surface area (Å²) in [6.45, 7) is 3.10. The molecule has 26 heavy (non-hydrogen) atoms. The molecular formula is C18H14ClFN2O4. The largest absolute Gasteiger partial charge is 0.457 e. The summed E-state index contributed by atoms with van der Waals surface area (Å²) in [5, 5.41) is 4.68. The van der Waals surface area contributed by atoms with Crippen LogP contribution in [-0.2, 0) is 4.79 Å². The first kappa shape index (κ1) is 19.2. The van der Waals surface area contributed by atoms with Crippen molar-refractivity contribution in [3.05, 3.63) is 52.2 Å². The number of amides is 2. The molecule has 2 N–H and O–H groups in total. The van der Waals surface area contributed by atoms with Crippen molar-refractivity contribution in [2.24, 2.45) is 0 Å². The lowest BCUT2D eigenvalue weighted by Gasteiger charge is -2.05. The second kappa shape index (κ2) is 8.32. The van der Waals surface area contributed by atoms with Crippen molar-refractivity contribution >= 4 is 34.9 Å². The van der Waals surface area contributed by atoms with E-state index in [2.05, 4.69) is 22.5 Å². The van der Waals surface area contributed by atoms with Gasteiger partial charge in [-0.25, -0.2) is 4.39 Å². The molecule has 0 aliphatic heterocycles. The van der Waals surface area contributed by atoms with Crippen LogP contribution < -0.4 is 10.6 Å². The number of carbonyl (C=O) groups is 3. The number of rotatable bonds is 5. The molecule has 1 aromatic heterocycles. The predicted molar refractivity (Wildman–Crippen MR) is 93.6 cm³/mol. The number of Topliss-reactive ketones (excluding diaryl/α,β-unsaturated/α-hetero) is 1. The molecule has 134 valence electrons. The molecule has 2 amide bonds. The van der Waals surface area contributed by atoms with Crippen LogP contribution in [0.1, 0.15) is 33.6 Å². The van der Waals surface area contributed by atoms with E-state index in [-0.39, 0.29) is 34.3 Å². The molecule has 2 aromatic rings. The molecule has 0 fully saturated rings. The summed E-state index contributed by atoms with van der Waals surface area (Å²) < 4.78 is 18.4. The Hall–Kier alpha value is -3.11. The van der Waals surface area contributed by atoms with E-state index >= 15 is 0 Å². The Kier molecular flexibility index (Phi) is 6.15. The van der Waals surface area contributed by atoms with Gasteiger partial charge < -0.3 is 15.1 Å². The molecule has 0 saturated carbocycles. The minimum Gasteiger partial charge on any atom is -0.457 e. The van der Waals surface area contributed by atoms with Gasteiger partial charge in [0.25, 0.3) is 17.6 Å². The van der Waals surface area contributed by atoms with Gasteiger partial charge in [0.2, 0.25) is 0 Å². The number of carbonyl (C=O) groups excluding carboxylic acids is 3. The fourth-order valence-corrected chi connectivity index (χ4v) is 2.18. The maximum absolute atomic E-state index is 13.2. The van der Waals surface area contributed by atoms with Crippen molar-refractivity contribution in [2.75, 3.05) is 11.9 Å². The summed E-state index contributed by atoms with van der Waals surface area (Å²) in [7, 11) is 0. The summed E-state index contributed by atoms with van der Waals surface area (Å²) in [6.07, 6.45) is 0. The summed E-state index contributed by atoms with van der Waals surface area (Å²) in [4.78, 5) is 36.1. The SMILES string of the molecule is CC#CCNC(=O)C(=O)c1cc(C(=O)Nc2ccc(F)c(Cl)c2)c(C)o1. The zero-order chi connectivity index (χ0) is 19.3. The van der Waals surface area contributed by atoms with Crippen molar-refractivity contribution in [1.29, 1.82) is 0 Å². The molecule has 1 heterocycles. The van der Waals surface area contributed by atoms with Gasteiger partial charge in [-0.15, -0.1) is 5.92 Å². The van der Waals surface area contributed by atoms with E-state index in [0.717, 1.165) is 6.07 Å². The molecule has 2 rings (SSSR count). The molecule has 6 nitrogen and oxygen atoms in total. The third kappa shape index (κ3) is 4.49. The van der Waals surface area contributed by atoms with E-state index in [1.54, 1.807) is 6.92 Å². The zero-order valence-corrected chi connectivity index (χ0v) is 14.7. The summed E-state index contributed by atoms with van der Waals surface area (Å²) in [6, 6.07) is 4.86. The maximum atomic E-state index is 13.2. The minimum atomic E-state index is -0.921. The predicted octanol–water partition coefficient (Wildman–Crippen LogP) is 2.96. The summed E-state index contributed by atoms with van der Waals surface area (Å²) in [5.41, 5.74) is 0.334. The lowest BCUT2D eigenvalue weighted by molar-refractivity contribution is -0.116. The smallest absolute Gasteiger partial charge is 0.296 e. The Bertz CT molecular complexity index is 940. The Balaban J connectivity index is 2.14. The van der Waals surface area contributed by atoms with Crippen molar-refractivity contribution in [1.82, 2.24) is 5.32 Å². The van der Waals surface area contributed by atoms with E-state index in [9.17, 15) is 18.8 Å². The second-order valence-electron chi connectivity index (χ2n) is 5.10. The van der Waals surface area contributed by atoms with Crippen LogP contribution in [0.15, 0.2) is 28.7 Å². The fourth-order valence-electron chi connectivity index (χ4n) is 2.00. The van der Waals surface area contributed by atoms with Gasteiger partial charge in [0, 0.05) is 11.8 Å². The van der Waals surface area contributed by atoms with Crippen LogP contribution in [-0.4, -0.2) is 24.1 Å². The lowest BCUT2D eigenvalue weighted by Crippen LogP contribution is -2.31. The monoisotopic (exact) mass is 376 g/mol. The lowest BCUT2D eigenvalue weighted by atomic mass is 10.2. The third-order valence-electron chi connectivity index (χ3n) is 3.28. The topological polar surface area (TPSA) is 88.4 Å². The highest BCUT2D eigenvalue weighted by atomic mass is 35.5. The van der Waals surface area contributed by atoms with Gasteiger partial charge in [0.15, 0.2) is 5.76 Å². The van der Waals surface area contributed by atoms with Gasteiger partial charge in [0.05, 0.1) is 17.1 Å². The quantitative estimate of drug-likeness (QED) is 0.477. The van der Waals surface area contributed by atoms with Gasteiger partial charge in [-0.3, -0.25) is 14.4 Å². The van der Waals surface area contributed by atoms with E-state index in [4.69, 9.17) is 16.0 Å². The number of aryl methyl sites for hydroxylation is 1. The van der Waals surface area contributed by atoms with Crippen LogP contribution >= 0.6 is 11.6 Å². The highest BCUT2D eigenvalue weighted by Gasteiger charge is 2.24. The number of hydrogen-bond donors (Lipinski definition) is 2. The zero-order valence-electron chi connectivity index (χ0n) is 13.9. The standard InChI is InChI=1S/C18H14ClFN2O4/c1-3-4-7-21-18(25)16(23)15-9-12(10(2)26-15)17(24)22-11-5-6-14(20)13(19)8-11/h5-6,8-9H,7H2,1-2H3,(H,21,25)(H,22,24). The number of furan rings is 1. The van der Waals surface area contributed by atoms with Gasteiger partial charge in [-0.2, -0.15) is 0 Å². The Morgan fingerprint density at radius 1 is 1.27 bits per heavy atom. The number of anilines is 1. The molecule has 0 unspecified atom stereocenters. The normalized spacial score (nSPS) is 9.85. The average molecular weight is 377 g/mol. The van der Waals surface area contributed by atoms with Crippen LogP contribution in [0.2, 0.25) is 5.02 Å².